The third kappa shape index (κ3) is 2.46. The van der Waals surface area contributed by atoms with Gasteiger partial charge < -0.3 is 5.73 Å². The average molecular weight is 291 g/mol. The number of benzene rings is 1. The third-order valence-corrected chi connectivity index (χ3v) is 5.22. The highest BCUT2D eigenvalue weighted by Gasteiger charge is 2.24. The van der Waals surface area contributed by atoms with Crippen LogP contribution in [0, 0.1) is 13.8 Å². The summed E-state index contributed by atoms with van der Waals surface area (Å²) in [7, 11) is -2.13. The van der Waals surface area contributed by atoms with Crippen LogP contribution in [0.1, 0.15) is 11.1 Å². The van der Waals surface area contributed by atoms with Gasteiger partial charge in [0.1, 0.15) is 0 Å². The number of aryl methyl sites for hydroxylation is 1. The van der Waals surface area contributed by atoms with Crippen molar-refractivity contribution in [3.05, 3.63) is 47.8 Å². The molecule has 0 saturated carbocycles. The fraction of sp³-hybridized carbons (Fsp3) is 0.214. The van der Waals surface area contributed by atoms with E-state index in [2.05, 4.69) is 4.98 Å². The molecule has 0 unspecified atom stereocenters. The molecule has 0 aliphatic rings. The van der Waals surface area contributed by atoms with Crippen molar-refractivity contribution in [3.8, 4) is 0 Å². The molecule has 0 spiro atoms. The van der Waals surface area contributed by atoms with Gasteiger partial charge >= 0.3 is 0 Å². The minimum Gasteiger partial charge on any atom is -0.399 e. The number of hydrogen-bond donors (Lipinski definition) is 1. The van der Waals surface area contributed by atoms with E-state index in [1.807, 2.05) is 6.92 Å². The summed E-state index contributed by atoms with van der Waals surface area (Å²) in [6.07, 6.45) is 3.11. The van der Waals surface area contributed by atoms with Gasteiger partial charge in [-0.05, 0) is 49.2 Å². The van der Waals surface area contributed by atoms with E-state index in [4.69, 9.17) is 5.73 Å². The molecule has 2 rings (SSSR count). The van der Waals surface area contributed by atoms with Crippen LogP contribution in [0.5, 0.6) is 0 Å². The summed E-state index contributed by atoms with van der Waals surface area (Å²) in [5.41, 5.74) is 8.33. The number of nitrogens with zero attached hydrogens (tertiary/aromatic N) is 2. The van der Waals surface area contributed by atoms with E-state index in [0.717, 1.165) is 5.56 Å². The zero-order valence-electron chi connectivity index (χ0n) is 11.7. The van der Waals surface area contributed by atoms with Crippen LogP contribution in [0.3, 0.4) is 0 Å². The zero-order chi connectivity index (χ0) is 14.9. The van der Waals surface area contributed by atoms with E-state index in [1.165, 1.54) is 17.4 Å². The molecule has 5 nitrogen and oxygen atoms in total. The Hall–Kier alpha value is -2.08. The lowest BCUT2D eigenvalue weighted by Crippen LogP contribution is -2.27. The minimum atomic E-state index is -3.64. The number of pyridine rings is 1. The van der Waals surface area contributed by atoms with Crippen LogP contribution in [0.25, 0.3) is 0 Å². The predicted molar refractivity (Wildman–Crippen MR) is 80.2 cm³/mol. The first-order valence-corrected chi connectivity index (χ1v) is 7.53. The van der Waals surface area contributed by atoms with Gasteiger partial charge in [-0.25, -0.2) is 8.42 Å². The molecule has 106 valence electrons. The normalized spacial score (nSPS) is 11.3. The van der Waals surface area contributed by atoms with Gasteiger partial charge in [-0.2, -0.15) is 0 Å². The Morgan fingerprint density at radius 3 is 2.35 bits per heavy atom. The Morgan fingerprint density at radius 1 is 1.15 bits per heavy atom. The molecule has 0 atom stereocenters. The molecule has 0 amide bonds. The number of aromatic nitrogens is 1. The summed E-state index contributed by atoms with van der Waals surface area (Å²) >= 11 is 0. The van der Waals surface area contributed by atoms with E-state index in [-0.39, 0.29) is 4.90 Å². The van der Waals surface area contributed by atoms with Crippen molar-refractivity contribution in [1.29, 1.82) is 0 Å². The van der Waals surface area contributed by atoms with Crippen molar-refractivity contribution in [2.24, 2.45) is 0 Å². The molecule has 0 bridgehead atoms. The van der Waals surface area contributed by atoms with E-state index in [9.17, 15) is 8.42 Å². The molecule has 0 saturated heterocycles. The topological polar surface area (TPSA) is 76.3 Å². The Bertz CT molecular complexity index is 728. The van der Waals surface area contributed by atoms with Crippen molar-refractivity contribution in [2.75, 3.05) is 17.1 Å². The molecule has 0 radical (unpaired) electrons. The van der Waals surface area contributed by atoms with E-state index in [0.29, 0.717) is 16.9 Å². The lowest BCUT2D eigenvalue weighted by Gasteiger charge is -2.21. The smallest absolute Gasteiger partial charge is 0.264 e. The Morgan fingerprint density at radius 2 is 1.75 bits per heavy atom. The molecule has 2 aromatic rings. The lowest BCUT2D eigenvalue weighted by molar-refractivity contribution is 0.593. The maximum absolute atomic E-state index is 12.7. The van der Waals surface area contributed by atoms with Gasteiger partial charge in [0.15, 0.2) is 0 Å². The minimum absolute atomic E-state index is 0.231. The lowest BCUT2D eigenvalue weighted by atomic mass is 10.1. The molecule has 0 aliphatic carbocycles. The van der Waals surface area contributed by atoms with Crippen LogP contribution in [-0.4, -0.2) is 20.4 Å². The van der Waals surface area contributed by atoms with Crippen molar-refractivity contribution in [2.45, 2.75) is 18.7 Å². The summed E-state index contributed by atoms with van der Waals surface area (Å²) in [4.78, 5) is 4.12. The zero-order valence-corrected chi connectivity index (χ0v) is 12.5. The third-order valence-electron chi connectivity index (χ3n) is 3.31. The number of rotatable bonds is 3. The fourth-order valence-electron chi connectivity index (χ4n) is 1.96. The molecular formula is C14H17N3O2S. The number of anilines is 2. The van der Waals surface area contributed by atoms with E-state index < -0.39 is 10.0 Å². The number of nitrogens with two attached hydrogens (primary N) is 1. The summed E-state index contributed by atoms with van der Waals surface area (Å²) in [5.74, 6) is 0. The molecule has 1 aromatic carbocycles. The molecular weight excluding hydrogens is 274 g/mol. The second kappa shape index (κ2) is 5.13. The monoisotopic (exact) mass is 291 g/mol. The number of sulfonamides is 1. The van der Waals surface area contributed by atoms with Gasteiger partial charge in [-0.1, -0.05) is 0 Å². The molecule has 20 heavy (non-hydrogen) atoms. The quantitative estimate of drug-likeness (QED) is 0.879. The molecule has 0 fully saturated rings. The number of hydrogen-bond acceptors (Lipinski definition) is 4. The summed E-state index contributed by atoms with van der Waals surface area (Å²) in [6.45, 7) is 3.62. The highest BCUT2D eigenvalue weighted by atomic mass is 32.2. The van der Waals surface area contributed by atoms with Crippen molar-refractivity contribution in [1.82, 2.24) is 4.98 Å². The van der Waals surface area contributed by atoms with Crippen LogP contribution in [0.2, 0.25) is 0 Å². The Kier molecular flexibility index (Phi) is 3.67. The molecule has 1 heterocycles. The largest absolute Gasteiger partial charge is 0.399 e. The first-order valence-electron chi connectivity index (χ1n) is 6.09. The van der Waals surface area contributed by atoms with Crippen molar-refractivity contribution >= 4 is 21.4 Å². The van der Waals surface area contributed by atoms with Gasteiger partial charge in [0, 0.05) is 25.1 Å². The van der Waals surface area contributed by atoms with Crippen LogP contribution in [-0.2, 0) is 10.0 Å². The highest BCUT2D eigenvalue weighted by Crippen LogP contribution is 2.27. The van der Waals surface area contributed by atoms with Crippen molar-refractivity contribution < 1.29 is 8.42 Å². The van der Waals surface area contributed by atoms with E-state index in [1.54, 1.807) is 37.5 Å². The van der Waals surface area contributed by atoms with Crippen LogP contribution in [0.4, 0.5) is 11.4 Å². The maximum Gasteiger partial charge on any atom is 0.264 e. The van der Waals surface area contributed by atoms with Gasteiger partial charge in [-0.3, -0.25) is 9.29 Å². The maximum atomic E-state index is 12.7. The molecule has 2 N–H and O–H groups in total. The predicted octanol–water partition coefficient (Wildman–Crippen LogP) is 2.11. The van der Waals surface area contributed by atoms with Crippen molar-refractivity contribution in [3.63, 3.8) is 0 Å². The second-order valence-electron chi connectivity index (χ2n) is 4.64. The van der Waals surface area contributed by atoms with E-state index >= 15 is 0 Å². The molecule has 1 aromatic heterocycles. The van der Waals surface area contributed by atoms with Crippen LogP contribution < -0.4 is 10.0 Å². The first-order chi connectivity index (χ1) is 9.34. The Balaban J connectivity index is 2.57. The average Bonchev–Trinajstić information content (AvgIpc) is 2.42. The van der Waals surface area contributed by atoms with Crippen LogP contribution in [0.15, 0.2) is 41.6 Å². The molecule has 0 aliphatic heterocycles. The summed E-state index contributed by atoms with van der Waals surface area (Å²) < 4.78 is 26.6. The second-order valence-corrected chi connectivity index (χ2v) is 6.58. The summed E-state index contributed by atoms with van der Waals surface area (Å²) in [5, 5.41) is 0. The van der Waals surface area contributed by atoms with Crippen LogP contribution >= 0.6 is 0 Å². The standard InChI is InChI=1S/C14H17N3O2S/c1-10-8-12(15)9-14(11(10)2)20(18,19)17(3)13-4-6-16-7-5-13/h4-9H,15H2,1-3H3. The SMILES string of the molecule is Cc1cc(N)cc(S(=O)(=O)N(C)c2ccncc2)c1C. The van der Waals surface area contributed by atoms with Gasteiger partial charge in [-0.15, -0.1) is 0 Å². The van der Waals surface area contributed by atoms with Gasteiger partial charge in [0.25, 0.3) is 10.0 Å². The Labute approximate surface area is 119 Å². The fourth-order valence-corrected chi connectivity index (χ4v) is 3.49. The number of nitrogen functional groups attached to an aromatic ring is 1. The molecule has 6 heteroatoms. The first kappa shape index (κ1) is 14.3. The summed E-state index contributed by atoms with van der Waals surface area (Å²) in [6, 6.07) is 6.55. The highest BCUT2D eigenvalue weighted by molar-refractivity contribution is 7.92. The van der Waals surface area contributed by atoms with Gasteiger partial charge in [0.2, 0.25) is 0 Å². The van der Waals surface area contributed by atoms with Gasteiger partial charge in [0.05, 0.1) is 10.6 Å².